The highest BCUT2D eigenvalue weighted by atomic mass is 35.5. The van der Waals surface area contributed by atoms with Gasteiger partial charge in [0.2, 0.25) is 26.6 Å². The summed E-state index contributed by atoms with van der Waals surface area (Å²) in [4.78, 5) is 4.32. The summed E-state index contributed by atoms with van der Waals surface area (Å²) in [6, 6.07) is 14.7. The molecule has 32 heavy (non-hydrogen) atoms. The SMILES string of the molecule is O=S(=O)(c1ccc2c(c1)OCCO2)c1nc(-c2ccc(Cl)cc2)oc1NCc1ccco1. The van der Waals surface area contributed by atoms with E-state index >= 15 is 0 Å². The molecule has 0 fully saturated rings. The first-order valence-electron chi connectivity index (χ1n) is 9.68. The van der Waals surface area contributed by atoms with Crippen molar-refractivity contribution >= 4 is 27.3 Å². The normalized spacial score (nSPS) is 13.2. The Balaban J connectivity index is 1.56. The number of sulfone groups is 1. The first kappa shape index (κ1) is 20.5. The van der Waals surface area contributed by atoms with Crippen LogP contribution in [0.1, 0.15) is 5.76 Å². The maximum Gasteiger partial charge on any atom is 0.234 e. The lowest BCUT2D eigenvalue weighted by Crippen LogP contribution is -2.16. The van der Waals surface area contributed by atoms with Crippen LogP contribution in [0.15, 0.2) is 79.6 Å². The van der Waals surface area contributed by atoms with E-state index in [0.29, 0.717) is 41.1 Å². The molecule has 0 saturated heterocycles. The van der Waals surface area contributed by atoms with Gasteiger partial charge in [0, 0.05) is 16.7 Å². The average molecular weight is 473 g/mol. The molecule has 1 N–H and O–H groups in total. The Morgan fingerprint density at radius 1 is 1.00 bits per heavy atom. The van der Waals surface area contributed by atoms with Crippen molar-refractivity contribution in [3.63, 3.8) is 0 Å². The monoisotopic (exact) mass is 472 g/mol. The van der Waals surface area contributed by atoms with E-state index in [1.807, 2.05) is 0 Å². The zero-order valence-corrected chi connectivity index (χ0v) is 18.2. The first-order chi connectivity index (χ1) is 15.5. The topological polar surface area (TPSA) is 104 Å². The van der Waals surface area contributed by atoms with Crippen molar-refractivity contribution in [2.75, 3.05) is 18.5 Å². The van der Waals surface area contributed by atoms with Gasteiger partial charge in [-0.3, -0.25) is 0 Å². The summed E-state index contributed by atoms with van der Waals surface area (Å²) in [5, 5.41) is 3.27. The molecule has 2 aromatic carbocycles. The Kier molecular flexibility index (Phi) is 5.28. The van der Waals surface area contributed by atoms with Crippen molar-refractivity contribution in [3.05, 3.63) is 71.6 Å². The number of hydrogen-bond donors (Lipinski definition) is 1. The number of oxazole rings is 1. The van der Waals surface area contributed by atoms with E-state index in [1.165, 1.54) is 18.4 Å². The van der Waals surface area contributed by atoms with Gasteiger partial charge in [-0.25, -0.2) is 8.42 Å². The highest BCUT2D eigenvalue weighted by Gasteiger charge is 2.30. The number of halogens is 1. The molecule has 0 unspecified atom stereocenters. The predicted molar refractivity (Wildman–Crippen MR) is 116 cm³/mol. The summed E-state index contributed by atoms with van der Waals surface area (Å²) in [6.07, 6.45) is 1.53. The zero-order chi connectivity index (χ0) is 22.1. The largest absolute Gasteiger partial charge is 0.486 e. The van der Waals surface area contributed by atoms with Crippen LogP contribution in [0, 0.1) is 0 Å². The number of nitrogens with zero attached hydrogens (tertiary/aromatic N) is 1. The molecule has 8 nitrogen and oxygen atoms in total. The number of nitrogens with one attached hydrogen (secondary N) is 1. The molecule has 5 rings (SSSR count). The summed E-state index contributed by atoms with van der Waals surface area (Å²) in [7, 11) is -4.05. The Morgan fingerprint density at radius 3 is 2.53 bits per heavy atom. The quantitative estimate of drug-likeness (QED) is 0.426. The van der Waals surface area contributed by atoms with Gasteiger partial charge in [0.05, 0.1) is 17.7 Å². The lowest BCUT2D eigenvalue weighted by Gasteiger charge is -2.18. The first-order valence-corrected chi connectivity index (χ1v) is 11.5. The Bertz CT molecular complexity index is 1350. The van der Waals surface area contributed by atoms with Crippen LogP contribution in [0.5, 0.6) is 11.5 Å². The number of rotatable bonds is 6. The van der Waals surface area contributed by atoms with Gasteiger partial charge in [0.15, 0.2) is 11.5 Å². The minimum absolute atomic E-state index is 0.00115. The molecule has 4 aromatic rings. The minimum atomic E-state index is -4.05. The number of benzene rings is 2. The molecule has 3 heterocycles. The summed E-state index contributed by atoms with van der Waals surface area (Å²) < 4.78 is 49.1. The third-order valence-corrected chi connectivity index (χ3v) is 6.68. The molecule has 0 aliphatic carbocycles. The van der Waals surface area contributed by atoms with Crippen molar-refractivity contribution in [3.8, 4) is 23.0 Å². The van der Waals surface area contributed by atoms with Gasteiger partial charge in [-0.05, 0) is 48.5 Å². The van der Waals surface area contributed by atoms with Gasteiger partial charge in [0.1, 0.15) is 19.0 Å². The number of anilines is 1. The number of ether oxygens (including phenoxy) is 2. The third-order valence-electron chi connectivity index (χ3n) is 4.77. The summed E-state index contributed by atoms with van der Waals surface area (Å²) in [6.45, 7) is 0.969. The van der Waals surface area contributed by atoms with Crippen LogP contribution in [0.25, 0.3) is 11.5 Å². The van der Waals surface area contributed by atoms with Gasteiger partial charge < -0.3 is 23.6 Å². The smallest absolute Gasteiger partial charge is 0.234 e. The maximum atomic E-state index is 13.5. The fourth-order valence-electron chi connectivity index (χ4n) is 3.20. The van der Waals surface area contributed by atoms with Gasteiger partial charge in [0.25, 0.3) is 0 Å². The molecule has 2 aromatic heterocycles. The molecule has 164 valence electrons. The summed E-state index contributed by atoms with van der Waals surface area (Å²) >= 11 is 5.96. The number of hydrogen-bond acceptors (Lipinski definition) is 8. The van der Waals surface area contributed by atoms with Crippen LogP contribution in [0.4, 0.5) is 5.88 Å². The van der Waals surface area contributed by atoms with Crippen molar-refractivity contribution in [1.82, 2.24) is 4.98 Å². The van der Waals surface area contributed by atoms with E-state index in [-0.39, 0.29) is 28.2 Å². The molecule has 0 bridgehead atoms. The van der Waals surface area contributed by atoms with Gasteiger partial charge in [-0.15, -0.1) is 0 Å². The van der Waals surface area contributed by atoms with Crippen molar-refractivity contribution in [2.45, 2.75) is 16.5 Å². The van der Waals surface area contributed by atoms with Crippen LogP contribution >= 0.6 is 11.6 Å². The molecule has 0 radical (unpaired) electrons. The third kappa shape index (κ3) is 3.92. The molecule has 1 aliphatic heterocycles. The van der Waals surface area contributed by atoms with E-state index in [4.69, 9.17) is 29.9 Å². The highest BCUT2D eigenvalue weighted by molar-refractivity contribution is 7.91. The maximum absolute atomic E-state index is 13.5. The second-order valence-corrected chi connectivity index (χ2v) is 9.20. The van der Waals surface area contributed by atoms with Crippen LogP contribution < -0.4 is 14.8 Å². The lowest BCUT2D eigenvalue weighted by molar-refractivity contribution is 0.171. The van der Waals surface area contributed by atoms with E-state index in [2.05, 4.69) is 10.3 Å². The number of fused-ring (bicyclic) bond motifs is 1. The van der Waals surface area contributed by atoms with Gasteiger partial charge in [-0.2, -0.15) is 4.98 Å². The molecule has 0 atom stereocenters. The molecule has 0 amide bonds. The van der Waals surface area contributed by atoms with Crippen LogP contribution in [0.3, 0.4) is 0 Å². The summed E-state index contributed by atoms with van der Waals surface area (Å²) in [5.41, 5.74) is 0.582. The molecular weight excluding hydrogens is 456 g/mol. The average Bonchev–Trinajstić information content (AvgIpc) is 3.48. The van der Waals surface area contributed by atoms with E-state index < -0.39 is 9.84 Å². The van der Waals surface area contributed by atoms with Crippen molar-refractivity contribution in [1.29, 1.82) is 0 Å². The second-order valence-electron chi connectivity index (χ2n) is 6.90. The van der Waals surface area contributed by atoms with Gasteiger partial charge >= 0.3 is 0 Å². The van der Waals surface area contributed by atoms with Crippen LogP contribution in [0.2, 0.25) is 5.02 Å². The minimum Gasteiger partial charge on any atom is -0.486 e. The highest BCUT2D eigenvalue weighted by Crippen LogP contribution is 2.37. The van der Waals surface area contributed by atoms with Gasteiger partial charge in [-0.1, -0.05) is 11.6 Å². The number of furan rings is 1. The Morgan fingerprint density at radius 2 is 1.78 bits per heavy atom. The molecule has 0 spiro atoms. The van der Waals surface area contributed by atoms with Crippen LogP contribution in [-0.4, -0.2) is 26.6 Å². The van der Waals surface area contributed by atoms with E-state index in [1.54, 1.807) is 42.5 Å². The lowest BCUT2D eigenvalue weighted by atomic mass is 10.2. The molecular formula is C22H17ClN2O6S. The molecule has 1 aliphatic rings. The Labute approximate surface area is 188 Å². The van der Waals surface area contributed by atoms with E-state index in [0.717, 1.165) is 0 Å². The molecule has 0 saturated carbocycles. The fraction of sp³-hybridized carbons (Fsp3) is 0.136. The van der Waals surface area contributed by atoms with E-state index in [9.17, 15) is 8.42 Å². The van der Waals surface area contributed by atoms with Crippen molar-refractivity contribution < 1.29 is 26.7 Å². The zero-order valence-electron chi connectivity index (χ0n) is 16.6. The summed E-state index contributed by atoms with van der Waals surface area (Å²) in [5.74, 6) is 1.61. The fourth-order valence-corrected chi connectivity index (χ4v) is 4.62. The van der Waals surface area contributed by atoms with Crippen molar-refractivity contribution in [2.24, 2.45) is 0 Å². The standard InChI is InChI=1S/C22H17ClN2O6S/c23-15-5-3-14(4-6-15)20-25-22(21(31-20)24-13-16-2-1-9-28-16)32(26,27)17-7-8-18-19(12-17)30-11-10-29-18/h1-9,12,24H,10-11,13H2. The second kappa shape index (κ2) is 8.25. The van der Waals surface area contributed by atoms with Crippen LogP contribution in [-0.2, 0) is 16.4 Å². The molecule has 10 heteroatoms. The number of aromatic nitrogens is 1. The predicted octanol–water partition coefficient (Wildman–Crippen LogP) is 4.80. The Hall–Kier alpha value is -3.43.